The van der Waals surface area contributed by atoms with Crippen LogP contribution < -0.4 is 5.32 Å². The topological polar surface area (TPSA) is 77.4 Å². The highest BCUT2D eigenvalue weighted by Gasteiger charge is 2.20. The molecule has 1 heterocycles. The van der Waals surface area contributed by atoms with Gasteiger partial charge in [0.05, 0.1) is 38.5 Å². The third kappa shape index (κ3) is 5.60. The van der Waals surface area contributed by atoms with Gasteiger partial charge in [-0.25, -0.2) is 0 Å². The molecule has 1 amide bonds. The van der Waals surface area contributed by atoms with Crippen LogP contribution in [0.3, 0.4) is 0 Å². The van der Waals surface area contributed by atoms with Gasteiger partial charge in [0, 0.05) is 17.3 Å². The summed E-state index contributed by atoms with van der Waals surface area (Å²) in [6.45, 7) is 7.22. The van der Waals surface area contributed by atoms with Crippen LogP contribution in [-0.2, 0) is 27.4 Å². The van der Waals surface area contributed by atoms with Gasteiger partial charge in [0.2, 0.25) is 0 Å². The van der Waals surface area contributed by atoms with Crippen molar-refractivity contribution in [2.24, 2.45) is 7.05 Å². The number of hydrogen-bond donors (Lipinski definition) is 1. The quantitative estimate of drug-likeness (QED) is 0.436. The first-order valence-corrected chi connectivity index (χ1v) is 12.5. The predicted octanol–water partition coefficient (Wildman–Crippen LogP) is 5.34. The number of rotatable bonds is 7. The lowest BCUT2D eigenvalue weighted by molar-refractivity contribution is -0.144. The van der Waals surface area contributed by atoms with Gasteiger partial charge in [-0.15, -0.1) is 0 Å². The summed E-state index contributed by atoms with van der Waals surface area (Å²) in [6, 6.07) is 10.3. The Kier molecular flexibility index (Phi) is 7.88. The molecule has 2 aromatic carbocycles. The molecule has 33 heavy (non-hydrogen) atoms. The lowest BCUT2D eigenvalue weighted by Gasteiger charge is -2.15. The maximum absolute atomic E-state index is 13.0. The Labute approximate surface area is 205 Å². The number of nitrogens with zero attached hydrogens (tertiary/aromatic N) is 1. The first-order chi connectivity index (χ1) is 15.5. The summed E-state index contributed by atoms with van der Waals surface area (Å²) in [5, 5.41) is 4.60. The Balaban J connectivity index is 1.73. The van der Waals surface area contributed by atoms with Gasteiger partial charge in [0.25, 0.3) is 5.91 Å². The van der Waals surface area contributed by atoms with Crippen LogP contribution in [0.15, 0.2) is 41.3 Å². The van der Waals surface area contributed by atoms with E-state index in [1.165, 1.54) is 0 Å². The number of halogens is 2. The van der Waals surface area contributed by atoms with E-state index in [1.54, 1.807) is 55.8 Å². The van der Waals surface area contributed by atoms with E-state index in [1.807, 2.05) is 19.9 Å². The summed E-state index contributed by atoms with van der Waals surface area (Å²) in [7, 11) is 0.307. The van der Waals surface area contributed by atoms with Gasteiger partial charge in [-0.3, -0.25) is 13.8 Å². The highest BCUT2D eigenvalue weighted by atomic mass is 35.5. The molecule has 0 aliphatic carbocycles. The molecule has 0 aliphatic rings. The molecule has 0 radical (unpaired) electrons. The summed E-state index contributed by atoms with van der Waals surface area (Å²) in [4.78, 5) is 25.2. The molecule has 0 saturated carbocycles. The van der Waals surface area contributed by atoms with Crippen molar-refractivity contribution in [1.82, 2.24) is 9.88 Å². The van der Waals surface area contributed by atoms with Crippen LogP contribution in [-0.4, -0.2) is 32.5 Å². The maximum atomic E-state index is 13.0. The van der Waals surface area contributed by atoms with Crippen LogP contribution in [0.25, 0.3) is 10.9 Å². The molecule has 6 nitrogen and oxygen atoms in total. The molecular weight excluding hydrogens is 483 g/mol. The van der Waals surface area contributed by atoms with Crippen molar-refractivity contribution in [1.29, 1.82) is 0 Å². The Bertz CT molecular complexity index is 1240. The number of amides is 1. The molecule has 0 spiro atoms. The first-order valence-electron chi connectivity index (χ1n) is 10.4. The second-order valence-corrected chi connectivity index (χ2v) is 10.3. The maximum Gasteiger partial charge on any atom is 0.319 e. The number of aromatic nitrogens is 1. The number of hydrogen-bond acceptors (Lipinski definition) is 4. The zero-order valence-electron chi connectivity index (χ0n) is 19.1. The Hall–Kier alpha value is -2.35. The zero-order chi connectivity index (χ0) is 24.4. The average molecular weight is 509 g/mol. The molecule has 0 saturated heterocycles. The normalized spacial score (nSPS) is 13.2. The smallest absolute Gasteiger partial charge is 0.319 e. The van der Waals surface area contributed by atoms with Gasteiger partial charge in [0.15, 0.2) is 0 Å². The van der Waals surface area contributed by atoms with Gasteiger partial charge in [-0.2, -0.15) is 0 Å². The lowest BCUT2D eigenvalue weighted by Crippen LogP contribution is -2.28. The summed E-state index contributed by atoms with van der Waals surface area (Å²) >= 11 is 12.6. The van der Waals surface area contributed by atoms with E-state index in [0.717, 1.165) is 22.0 Å². The largest absolute Gasteiger partial charge is 0.462 e. The van der Waals surface area contributed by atoms with Crippen molar-refractivity contribution in [2.75, 3.05) is 5.75 Å². The minimum absolute atomic E-state index is 0.198. The number of carbonyl (C=O) groups is 2. The van der Waals surface area contributed by atoms with Crippen molar-refractivity contribution < 1.29 is 18.5 Å². The van der Waals surface area contributed by atoms with Gasteiger partial charge >= 0.3 is 5.97 Å². The van der Waals surface area contributed by atoms with Gasteiger partial charge in [0.1, 0.15) is 11.4 Å². The van der Waals surface area contributed by atoms with E-state index in [4.69, 9.17) is 27.9 Å². The number of carbonyl (C=O) groups excluding carboxylic acids is 2. The highest BCUT2D eigenvalue weighted by Crippen LogP contribution is 2.35. The molecule has 9 heteroatoms. The Morgan fingerprint density at radius 1 is 1.09 bits per heavy atom. The molecule has 0 fully saturated rings. The number of benzene rings is 2. The standard InChI is InChI=1S/C24H26Cl2N2O4S/c1-13(2)32-21(29)12-33(31)17-8-6-16(7-9-17)15(4)27-24(30)20-11-18-19(28(20)5)10-14(3)22(25)23(18)26/h6-11,13,15H,12H2,1-5H3,(H,27,30). The van der Waals surface area contributed by atoms with Gasteiger partial charge in [-0.1, -0.05) is 35.3 Å². The molecule has 1 aromatic heterocycles. The van der Waals surface area contributed by atoms with Gasteiger partial charge < -0.3 is 14.6 Å². The van der Waals surface area contributed by atoms with E-state index < -0.39 is 16.8 Å². The van der Waals surface area contributed by atoms with Crippen molar-refractivity contribution in [3.63, 3.8) is 0 Å². The minimum Gasteiger partial charge on any atom is -0.462 e. The van der Waals surface area contributed by atoms with Crippen molar-refractivity contribution in [2.45, 2.75) is 44.7 Å². The molecule has 2 atom stereocenters. The van der Waals surface area contributed by atoms with Crippen molar-refractivity contribution in [3.8, 4) is 0 Å². The summed E-state index contributed by atoms with van der Waals surface area (Å²) in [5.41, 5.74) is 2.96. The summed E-state index contributed by atoms with van der Waals surface area (Å²) in [5.74, 6) is -0.952. The number of ether oxygens (including phenoxy) is 1. The molecule has 176 valence electrons. The second kappa shape index (κ2) is 10.3. The number of nitrogens with one attached hydrogen (secondary N) is 1. The number of fused-ring (bicyclic) bond motifs is 1. The third-order valence-corrected chi connectivity index (χ3v) is 7.52. The number of esters is 1. The van der Waals surface area contributed by atoms with E-state index >= 15 is 0 Å². The molecular formula is C24H26Cl2N2O4S. The van der Waals surface area contributed by atoms with E-state index in [2.05, 4.69) is 5.32 Å². The fourth-order valence-electron chi connectivity index (χ4n) is 3.50. The Morgan fingerprint density at radius 2 is 1.73 bits per heavy atom. The van der Waals surface area contributed by atoms with Crippen molar-refractivity contribution in [3.05, 3.63) is 63.3 Å². The highest BCUT2D eigenvalue weighted by molar-refractivity contribution is 7.85. The zero-order valence-corrected chi connectivity index (χ0v) is 21.4. The second-order valence-electron chi connectivity index (χ2n) is 8.14. The summed E-state index contributed by atoms with van der Waals surface area (Å²) in [6.07, 6.45) is -0.250. The van der Waals surface area contributed by atoms with Crippen LogP contribution in [0, 0.1) is 6.92 Å². The first kappa shape index (κ1) is 25.3. The van der Waals surface area contributed by atoms with Gasteiger partial charge in [-0.05, 0) is 63.1 Å². The van der Waals surface area contributed by atoms with E-state index in [9.17, 15) is 13.8 Å². The fourth-order valence-corrected chi connectivity index (χ4v) is 4.84. The SMILES string of the molecule is Cc1cc2c(cc(C(=O)NC(C)c3ccc(S(=O)CC(=O)OC(C)C)cc3)n2C)c(Cl)c1Cl. The molecule has 3 rings (SSSR count). The molecule has 0 aliphatic heterocycles. The molecule has 0 bridgehead atoms. The van der Waals surface area contributed by atoms with Crippen LogP contribution >= 0.6 is 23.2 Å². The lowest BCUT2D eigenvalue weighted by atomic mass is 10.1. The third-order valence-electron chi connectivity index (χ3n) is 5.25. The number of aryl methyl sites for hydroxylation is 2. The predicted molar refractivity (Wildman–Crippen MR) is 133 cm³/mol. The fraction of sp³-hybridized carbons (Fsp3) is 0.333. The molecule has 2 unspecified atom stereocenters. The van der Waals surface area contributed by atoms with Crippen LogP contribution in [0.2, 0.25) is 10.0 Å². The average Bonchev–Trinajstić information content (AvgIpc) is 3.08. The van der Waals surface area contributed by atoms with Crippen LogP contribution in [0.1, 0.15) is 48.4 Å². The van der Waals surface area contributed by atoms with Crippen molar-refractivity contribution >= 4 is 56.8 Å². The Morgan fingerprint density at radius 3 is 2.33 bits per heavy atom. The minimum atomic E-state index is -1.50. The van der Waals surface area contributed by atoms with E-state index in [0.29, 0.717) is 20.6 Å². The van der Waals surface area contributed by atoms with E-state index in [-0.39, 0.29) is 23.8 Å². The van der Waals surface area contributed by atoms with Crippen LogP contribution in [0.5, 0.6) is 0 Å². The summed E-state index contributed by atoms with van der Waals surface area (Å²) < 4.78 is 19.2. The molecule has 3 aromatic rings. The molecule has 1 N–H and O–H groups in total. The van der Waals surface area contributed by atoms with Crippen LogP contribution in [0.4, 0.5) is 0 Å². The monoisotopic (exact) mass is 508 g/mol.